The highest BCUT2D eigenvalue weighted by Gasteiger charge is 2.35. The van der Waals surface area contributed by atoms with E-state index in [1.54, 1.807) is 6.20 Å². The number of rotatable bonds is 2. The second-order valence-electron chi connectivity index (χ2n) is 4.79. The summed E-state index contributed by atoms with van der Waals surface area (Å²) in [5, 5.41) is 0.514. The predicted octanol–water partition coefficient (Wildman–Crippen LogP) is 2.09. The number of aromatic nitrogens is 3. The van der Waals surface area contributed by atoms with Crippen LogP contribution in [0.2, 0.25) is 0 Å². The van der Waals surface area contributed by atoms with Gasteiger partial charge in [0.05, 0.1) is 5.69 Å². The van der Waals surface area contributed by atoms with Crippen LogP contribution in [0.1, 0.15) is 22.0 Å². The smallest absolute Gasteiger partial charge is 0.375 e. The van der Waals surface area contributed by atoms with Crippen LogP contribution >= 0.6 is 11.3 Å². The summed E-state index contributed by atoms with van der Waals surface area (Å²) in [6.45, 7) is 1.86. The molecule has 1 aliphatic rings. The largest absolute Gasteiger partial charge is 0.451 e. The molecule has 0 fully saturated rings. The lowest BCUT2D eigenvalue weighted by atomic mass is 10.1. The maximum atomic E-state index is 12.6. The number of halogens is 3. The first-order valence-corrected chi connectivity index (χ1v) is 7.08. The first-order chi connectivity index (χ1) is 9.91. The van der Waals surface area contributed by atoms with E-state index in [0.717, 1.165) is 10.4 Å². The Bertz CT molecular complexity index is 655. The number of hydrogen-bond donors (Lipinski definition) is 1. The average Bonchev–Trinajstić information content (AvgIpc) is 2.82. The fraction of sp³-hybridized carbons (Fsp3) is 0.417. The number of anilines is 1. The molecule has 3 rings (SSSR count). The van der Waals surface area contributed by atoms with Gasteiger partial charge in [-0.05, 0) is 0 Å². The average molecular weight is 315 g/mol. The van der Waals surface area contributed by atoms with E-state index in [4.69, 9.17) is 5.73 Å². The van der Waals surface area contributed by atoms with Crippen molar-refractivity contribution in [2.75, 3.05) is 12.3 Å². The predicted molar refractivity (Wildman–Crippen MR) is 71.4 cm³/mol. The molecular weight excluding hydrogens is 303 g/mol. The maximum absolute atomic E-state index is 12.6. The first kappa shape index (κ1) is 14.2. The molecule has 0 aliphatic carbocycles. The van der Waals surface area contributed by atoms with E-state index in [-0.39, 0.29) is 0 Å². The Morgan fingerprint density at radius 3 is 2.76 bits per heavy atom. The number of fused-ring (bicyclic) bond motifs is 1. The summed E-state index contributed by atoms with van der Waals surface area (Å²) >= 11 is 1.41. The third-order valence-electron chi connectivity index (χ3n) is 3.22. The Morgan fingerprint density at radius 2 is 2.10 bits per heavy atom. The zero-order chi connectivity index (χ0) is 15.0. The normalized spacial score (nSPS) is 16.0. The number of nitrogens with two attached hydrogens (primary N) is 1. The molecular formula is C12H12F3N5S. The molecule has 9 heteroatoms. The van der Waals surface area contributed by atoms with Crippen LogP contribution in [0.15, 0.2) is 12.4 Å². The molecule has 0 radical (unpaired) electrons. The molecule has 5 nitrogen and oxygen atoms in total. The molecule has 112 valence electrons. The third-order valence-corrected chi connectivity index (χ3v) is 4.03. The Morgan fingerprint density at radius 1 is 1.29 bits per heavy atom. The van der Waals surface area contributed by atoms with Crippen molar-refractivity contribution in [2.45, 2.75) is 25.7 Å². The van der Waals surface area contributed by atoms with Crippen molar-refractivity contribution >= 4 is 16.5 Å². The van der Waals surface area contributed by atoms with Crippen molar-refractivity contribution in [3.63, 3.8) is 0 Å². The van der Waals surface area contributed by atoms with E-state index < -0.39 is 12.0 Å². The number of alkyl halides is 3. The second kappa shape index (κ2) is 5.23. The summed E-state index contributed by atoms with van der Waals surface area (Å²) in [4.78, 5) is 14.2. The van der Waals surface area contributed by atoms with Gasteiger partial charge >= 0.3 is 6.18 Å². The van der Waals surface area contributed by atoms with Crippen LogP contribution in [0.25, 0.3) is 0 Å². The van der Waals surface area contributed by atoms with Crippen molar-refractivity contribution < 1.29 is 13.2 Å². The summed E-state index contributed by atoms with van der Waals surface area (Å²) in [7, 11) is 0. The van der Waals surface area contributed by atoms with E-state index in [9.17, 15) is 13.2 Å². The molecule has 0 saturated carbocycles. The third kappa shape index (κ3) is 3.13. The maximum Gasteiger partial charge on any atom is 0.451 e. The van der Waals surface area contributed by atoms with E-state index >= 15 is 0 Å². The van der Waals surface area contributed by atoms with Crippen LogP contribution in [-0.2, 0) is 25.7 Å². The van der Waals surface area contributed by atoms with Crippen molar-refractivity contribution in [2.24, 2.45) is 0 Å². The molecule has 0 saturated heterocycles. The molecule has 2 aromatic rings. The number of nitrogens with zero attached hydrogens (tertiary/aromatic N) is 4. The second-order valence-corrected chi connectivity index (χ2v) is 5.94. The van der Waals surface area contributed by atoms with Gasteiger partial charge in [-0.2, -0.15) is 13.2 Å². The molecule has 0 aromatic carbocycles. The van der Waals surface area contributed by atoms with E-state index in [1.165, 1.54) is 17.5 Å². The zero-order valence-electron chi connectivity index (χ0n) is 10.9. The molecule has 21 heavy (non-hydrogen) atoms. The number of thiazole rings is 1. The molecule has 0 unspecified atom stereocenters. The van der Waals surface area contributed by atoms with Crippen LogP contribution in [0.4, 0.5) is 18.3 Å². The van der Waals surface area contributed by atoms with Crippen molar-refractivity contribution in [1.82, 2.24) is 19.9 Å². The van der Waals surface area contributed by atoms with Gasteiger partial charge < -0.3 is 5.73 Å². The van der Waals surface area contributed by atoms with E-state index in [0.29, 0.717) is 36.9 Å². The summed E-state index contributed by atoms with van der Waals surface area (Å²) in [6, 6.07) is 0. The Hall–Kier alpha value is -1.74. The highest BCUT2D eigenvalue weighted by Crippen LogP contribution is 2.28. The highest BCUT2D eigenvalue weighted by molar-refractivity contribution is 7.15. The molecule has 0 bridgehead atoms. The minimum absolute atomic E-state index is 0.481. The molecule has 2 N–H and O–H groups in total. The van der Waals surface area contributed by atoms with Crippen LogP contribution in [0.5, 0.6) is 0 Å². The first-order valence-electron chi connectivity index (χ1n) is 6.26. The molecule has 0 spiro atoms. The van der Waals surface area contributed by atoms with Gasteiger partial charge in [-0.25, -0.2) is 15.0 Å². The minimum atomic E-state index is -4.49. The summed E-state index contributed by atoms with van der Waals surface area (Å²) in [5.41, 5.74) is 6.81. The Balaban J connectivity index is 1.74. The quantitative estimate of drug-likeness (QED) is 0.919. The molecule has 2 aromatic heterocycles. The van der Waals surface area contributed by atoms with Crippen molar-refractivity contribution in [3.8, 4) is 0 Å². The Labute approximate surface area is 122 Å². The van der Waals surface area contributed by atoms with Crippen molar-refractivity contribution in [3.05, 3.63) is 34.4 Å². The van der Waals surface area contributed by atoms with Gasteiger partial charge in [0, 0.05) is 48.9 Å². The van der Waals surface area contributed by atoms with Gasteiger partial charge in [-0.3, -0.25) is 4.90 Å². The lowest BCUT2D eigenvalue weighted by Gasteiger charge is -2.27. The van der Waals surface area contributed by atoms with Gasteiger partial charge in [0.2, 0.25) is 5.82 Å². The van der Waals surface area contributed by atoms with E-state index in [2.05, 4.69) is 19.9 Å². The molecule has 3 heterocycles. The molecule has 0 amide bonds. The van der Waals surface area contributed by atoms with Crippen LogP contribution in [-0.4, -0.2) is 26.4 Å². The lowest BCUT2D eigenvalue weighted by molar-refractivity contribution is -0.145. The lowest BCUT2D eigenvalue weighted by Crippen LogP contribution is -2.31. The zero-order valence-corrected chi connectivity index (χ0v) is 11.7. The highest BCUT2D eigenvalue weighted by atomic mass is 32.1. The minimum Gasteiger partial charge on any atom is -0.375 e. The topological polar surface area (TPSA) is 67.9 Å². The number of hydrogen-bond acceptors (Lipinski definition) is 6. The van der Waals surface area contributed by atoms with Crippen LogP contribution in [0.3, 0.4) is 0 Å². The monoisotopic (exact) mass is 315 g/mol. The fourth-order valence-electron chi connectivity index (χ4n) is 2.26. The number of nitrogen functional groups attached to an aromatic ring is 1. The van der Waals surface area contributed by atoms with Crippen LogP contribution in [0, 0.1) is 0 Å². The standard InChI is InChI=1S/C12H12F3N5S/c13-12(14,15)10-17-3-7-5-20(2-1-9(7)19-10)6-8-4-18-11(16)21-8/h3-4H,1-2,5-6H2,(H2,16,18). The van der Waals surface area contributed by atoms with Crippen molar-refractivity contribution in [1.29, 1.82) is 0 Å². The summed E-state index contributed by atoms with van der Waals surface area (Å²) in [5.74, 6) is -1.06. The van der Waals surface area contributed by atoms with Gasteiger partial charge in [-0.15, -0.1) is 11.3 Å². The molecule has 0 atom stereocenters. The summed E-state index contributed by atoms with van der Waals surface area (Å²) in [6.07, 6.45) is -1.02. The summed E-state index contributed by atoms with van der Waals surface area (Å²) < 4.78 is 37.7. The Kier molecular flexibility index (Phi) is 3.54. The van der Waals surface area contributed by atoms with Gasteiger partial charge in [0.25, 0.3) is 0 Å². The van der Waals surface area contributed by atoms with Gasteiger partial charge in [0.15, 0.2) is 5.13 Å². The van der Waals surface area contributed by atoms with Crippen LogP contribution < -0.4 is 5.73 Å². The van der Waals surface area contributed by atoms with Gasteiger partial charge in [-0.1, -0.05) is 0 Å². The SMILES string of the molecule is Nc1ncc(CN2CCc3nc(C(F)(F)F)ncc3C2)s1. The van der Waals surface area contributed by atoms with E-state index in [1.807, 2.05) is 0 Å². The van der Waals surface area contributed by atoms with Gasteiger partial charge in [0.1, 0.15) is 0 Å². The fourth-order valence-corrected chi connectivity index (χ4v) is 2.99. The molecule has 1 aliphatic heterocycles.